The molecule has 3 rings (SSSR count). The van der Waals surface area contributed by atoms with Gasteiger partial charge < -0.3 is 16.2 Å². The molecule has 1 aliphatic rings. The molecule has 0 fully saturated rings. The number of anilines is 2. The van der Waals surface area contributed by atoms with E-state index in [0.717, 1.165) is 17.8 Å². The highest BCUT2D eigenvalue weighted by atomic mass is 16.3. The number of nitrogen functional groups attached to an aromatic ring is 1. The van der Waals surface area contributed by atoms with Crippen LogP contribution in [0.15, 0.2) is 36.4 Å². The Morgan fingerprint density at radius 3 is 2.78 bits per heavy atom. The maximum Gasteiger partial charge on any atom is 0.0616 e. The van der Waals surface area contributed by atoms with Crippen LogP contribution in [0.1, 0.15) is 11.1 Å². The largest absolute Gasteiger partial charge is 0.397 e. The van der Waals surface area contributed by atoms with Gasteiger partial charge in [0.15, 0.2) is 0 Å². The number of fused-ring (bicyclic) bond motifs is 3. The lowest BCUT2D eigenvalue weighted by atomic mass is 10.0. The van der Waals surface area contributed by atoms with Gasteiger partial charge in [0.1, 0.15) is 0 Å². The minimum atomic E-state index is 0.107. The van der Waals surface area contributed by atoms with Crippen LogP contribution in [0.5, 0.6) is 0 Å². The molecule has 4 N–H and O–H groups in total. The van der Waals surface area contributed by atoms with Crippen molar-refractivity contribution in [3.05, 3.63) is 47.5 Å². The van der Waals surface area contributed by atoms with Crippen molar-refractivity contribution in [1.29, 1.82) is 0 Å². The molecule has 0 saturated heterocycles. The first kappa shape index (κ1) is 11.1. The second-order valence-corrected chi connectivity index (χ2v) is 4.54. The van der Waals surface area contributed by atoms with Crippen LogP contribution in [0.4, 0.5) is 11.4 Å². The van der Waals surface area contributed by atoms with Crippen LogP contribution in [0, 0.1) is 0 Å². The Balaban J connectivity index is 2.10. The molecule has 0 bridgehead atoms. The summed E-state index contributed by atoms with van der Waals surface area (Å²) >= 11 is 0. The number of aliphatic hydroxyl groups is 1. The number of hydrogen-bond acceptors (Lipinski definition) is 3. The molecule has 2 aromatic rings. The second kappa shape index (κ2) is 4.35. The van der Waals surface area contributed by atoms with Crippen molar-refractivity contribution >= 4 is 11.4 Å². The topological polar surface area (TPSA) is 58.3 Å². The van der Waals surface area contributed by atoms with E-state index in [-0.39, 0.29) is 6.61 Å². The summed E-state index contributed by atoms with van der Waals surface area (Å²) in [4.78, 5) is 0. The fourth-order valence-electron chi connectivity index (χ4n) is 2.62. The van der Waals surface area contributed by atoms with E-state index in [1.807, 2.05) is 6.07 Å². The highest BCUT2D eigenvalue weighted by Crippen LogP contribution is 2.42. The summed E-state index contributed by atoms with van der Waals surface area (Å²) in [6.45, 7) is 0.632. The van der Waals surface area contributed by atoms with E-state index in [2.05, 4.69) is 35.6 Å². The summed E-state index contributed by atoms with van der Waals surface area (Å²) in [5.41, 5.74) is 12.9. The minimum absolute atomic E-state index is 0.107. The van der Waals surface area contributed by atoms with E-state index in [9.17, 15) is 0 Å². The van der Waals surface area contributed by atoms with Crippen LogP contribution in [0.2, 0.25) is 0 Å². The lowest BCUT2D eigenvalue weighted by Crippen LogP contribution is -2.09. The van der Waals surface area contributed by atoms with Gasteiger partial charge in [-0.1, -0.05) is 30.3 Å². The molecule has 0 atom stereocenters. The first-order valence-electron chi connectivity index (χ1n) is 6.15. The summed E-state index contributed by atoms with van der Waals surface area (Å²) in [5.74, 6) is 0. The van der Waals surface area contributed by atoms with E-state index < -0.39 is 0 Å². The molecule has 3 heteroatoms. The molecule has 0 heterocycles. The summed E-state index contributed by atoms with van der Waals surface area (Å²) in [5, 5.41) is 12.2. The molecule has 2 aromatic carbocycles. The van der Waals surface area contributed by atoms with Gasteiger partial charge >= 0.3 is 0 Å². The fraction of sp³-hybridized carbons (Fsp3) is 0.200. The summed E-state index contributed by atoms with van der Waals surface area (Å²) in [6.07, 6.45) is 0.907. The molecule has 0 saturated carbocycles. The maximum atomic E-state index is 8.94. The van der Waals surface area contributed by atoms with Crippen molar-refractivity contribution in [2.24, 2.45) is 0 Å². The Morgan fingerprint density at radius 2 is 1.94 bits per heavy atom. The van der Waals surface area contributed by atoms with E-state index in [0.29, 0.717) is 6.54 Å². The first-order valence-corrected chi connectivity index (χ1v) is 6.15. The van der Waals surface area contributed by atoms with Gasteiger partial charge in [0, 0.05) is 13.0 Å². The second-order valence-electron chi connectivity index (χ2n) is 4.54. The molecular formula is C15H16N2O. The summed E-state index contributed by atoms with van der Waals surface area (Å²) < 4.78 is 0. The normalized spacial score (nSPS) is 12.1. The highest BCUT2D eigenvalue weighted by Gasteiger charge is 2.21. The summed E-state index contributed by atoms with van der Waals surface area (Å²) in [6, 6.07) is 12.4. The average molecular weight is 240 g/mol. The third-order valence-corrected chi connectivity index (χ3v) is 3.43. The predicted octanol–water partition coefficient (Wildman–Crippen LogP) is 2.24. The van der Waals surface area contributed by atoms with E-state index >= 15 is 0 Å². The van der Waals surface area contributed by atoms with Crippen molar-refractivity contribution in [1.82, 2.24) is 0 Å². The van der Waals surface area contributed by atoms with Gasteiger partial charge in [-0.05, 0) is 28.3 Å². The molecular weight excluding hydrogens is 224 g/mol. The van der Waals surface area contributed by atoms with Gasteiger partial charge in [-0.2, -0.15) is 0 Å². The standard InChI is InChI=1S/C15H16N2O/c16-14-6-5-12-11-4-2-1-3-10(11)9-13(12)15(14)17-7-8-18/h1-6,17-18H,7-9,16H2. The molecule has 0 radical (unpaired) electrons. The molecule has 92 valence electrons. The Labute approximate surface area is 106 Å². The number of hydrogen-bond donors (Lipinski definition) is 3. The van der Waals surface area contributed by atoms with Gasteiger partial charge in [0.2, 0.25) is 0 Å². The van der Waals surface area contributed by atoms with Crippen molar-refractivity contribution < 1.29 is 5.11 Å². The SMILES string of the molecule is Nc1ccc2c(c1NCCO)Cc1ccccc1-2. The van der Waals surface area contributed by atoms with E-state index in [1.165, 1.54) is 22.3 Å². The third kappa shape index (κ3) is 1.64. The molecule has 1 aliphatic carbocycles. The van der Waals surface area contributed by atoms with Crippen molar-refractivity contribution in [2.45, 2.75) is 6.42 Å². The zero-order chi connectivity index (χ0) is 12.5. The van der Waals surface area contributed by atoms with Gasteiger partial charge in [0.25, 0.3) is 0 Å². The van der Waals surface area contributed by atoms with Crippen molar-refractivity contribution in [2.75, 3.05) is 24.2 Å². The lowest BCUT2D eigenvalue weighted by Gasteiger charge is -2.13. The minimum Gasteiger partial charge on any atom is -0.397 e. The molecule has 3 nitrogen and oxygen atoms in total. The Hall–Kier alpha value is -2.00. The smallest absolute Gasteiger partial charge is 0.0616 e. The Morgan fingerprint density at radius 1 is 1.11 bits per heavy atom. The van der Waals surface area contributed by atoms with Crippen LogP contribution < -0.4 is 11.1 Å². The van der Waals surface area contributed by atoms with Crippen LogP contribution in [0.3, 0.4) is 0 Å². The number of nitrogens with two attached hydrogens (primary N) is 1. The molecule has 0 aromatic heterocycles. The van der Waals surface area contributed by atoms with Crippen LogP contribution in [-0.4, -0.2) is 18.3 Å². The van der Waals surface area contributed by atoms with Crippen molar-refractivity contribution in [3.8, 4) is 11.1 Å². The van der Waals surface area contributed by atoms with Gasteiger partial charge in [-0.3, -0.25) is 0 Å². The zero-order valence-corrected chi connectivity index (χ0v) is 10.1. The van der Waals surface area contributed by atoms with Crippen LogP contribution in [0.25, 0.3) is 11.1 Å². The van der Waals surface area contributed by atoms with Gasteiger partial charge in [-0.25, -0.2) is 0 Å². The zero-order valence-electron chi connectivity index (χ0n) is 10.1. The Kier molecular flexibility index (Phi) is 2.68. The van der Waals surface area contributed by atoms with Crippen LogP contribution >= 0.6 is 0 Å². The molecule has 0 unspecified atom stereocenters. The number of rotatable bonds is 3. The average Bonchev–Trinajstić information content (AvgIpc) is 2.76. The molecule has 0 amide bonds. The van der Waals surface area contributed by atoms with Gasteiger partial charge in [-0.15, -0.1) is 0 Å². The lowest BCUT2D eigenvalue weighted by molar-refractivity contribution is 0.311. The monoisotopic (exact) mass is 240 g/mol. The fourth-order valence-corrected chi connectivity index (χ4v) is 2.62. The third-order valence-electron chi connectivity index (χ3n) is 3.43. The van der Waals surface area contributed by atoms with Crippen LogP contribution in [-0.2, 0) is 6.42 Å². The molecule has 18 heavy (non-hydrogen) atoms. The maximum absolute atomic E-state index is 8.94. The number of benzene rings is 2. The number of nitrogens with one attached hydrogen (secondary N) is 1. The first-order chi connectivity index (χ1) is 8.81. The summed E-state index contributed by atoms with van der Waals surface area (Å²) in [7, 11) is 0. The highest BCUT2D eigenvalue weighted by molar-refractivity contribution is 5.87. The predicted molar refractivity (Wildman–Crippen MR) is 74.7 cm³/mol. The number of aliphatic hydroxyl groups excluding tert-OH is 1. The van der Waals surface area contributed by atoms with E-state index in [1.54, 1.807) is 0 Å². The quantitative estimate of drug-likeness (QED) is 0.615. The Bertz CT molecular complexity index is 593. The molecule has 0 aliphatic heterocycles. The molecule has 0 spiro atoms. The van der Waals surface area contributed by atoms with Crippen molar-refractivity contribution in [3.63, 3.8) is 0 Å². The van der Waals surface area contributed by atoms with Gasteiger partial charge in [0.05, 0.1) is 18.0 Å². The van der Waals surface area contributed by atoms with E-state index in [4.69, 9.17) is 10.8 Å².